The van der Waals surface area contributed by atoms with Gasteiger partial charge in [0.1, 0.15) is 0 Å². The number of amides is 1. The minimum absolute atomic E-state index is 0.101. The lowest BCUT2D eigenvalue weighted by atomic mass is 9.98. The quantitative estimate of drug-likeness (QED) is 0.535. The fraction of sp³-hybridized carbons (Fsp3) is 0.500. The van der Waals surface area contributed by atoms with E-state index in [2.05, 4.69) is 24.1 Å². The zero-order valence-electron chi connectivity index (χ0n) is 19.9. The standard InChI is InChI=1S/C26H37N3O3S/c1-3-28(4-2)20-23-14-16-25(17-15-23)27-26(30)24-13-8-18-29(21-24)33(31,32)19-9-12-22-10-6-5-7-11-22/h5-7,10-11,14-17,24H,3-4,8-9,12-13,18-21H2,1-2H3,(H,27,30)/t24-/m0/s1. The second-order valence-corrected chi connectivity index (χ2v) is 10.8. The molecular formula is C26H37N3O3S. The van der Waals surface area contributed by atoms with Gasteiger partial charge in [0.25, 0.3) is 0 Å². The van der Waals surface area contributed by atoms with E-state index in [1.54, 1.807) is 0 Å². The van der Waals surface area contributed by atoms with Gasteiger partial charge in [-0.05, 0) is 62.0 Å². The Balaban J connectivity index is 1.51. The molecule has 33 heavy (non-hydrogen) atoms. The van der Waals surface area contributed by atoms with E-state index in [9.17, 15) is 13.2 Å². The van der Waals surface area contributed by atoms with Gasteiger partial charge >= 0.3 is 0 Å². The Hall–Kier alpha value is -2.22. The van der Waals surface area contributed by atoms with E-state index < -0.39 is 10.0 Å². The van der Waals surface area contributed by atoms with Gasteiger partial charge in [0.05, 0.1) is 11.7 Å². The topological polar surface area (TPSA) is 69.7 Å². The Labute approximate surface area is 199 Å². The van der Waals surface area contributed by atoms with Crippen molar-refractivity contribution in [3.63, 3.8) is 0 Å². The molecule has 1 aliphatic heterocycles. The fourth-order valence-electron chi connectivity index (χ4n) is 4.28. The minimum Gasteiger partial charge on any atom is -0.326 e. The number of rotatable bonds is 11. The summed E-state index contributed by atoms with van der Waals surface area (Å²) in [4.78, 5) is 15.2. The molecule has 2 aromatic rings. The summed E-state index contributed by atoms with van der Waals surface area (Å²) < 4.78 is 27.2. The molecule has 3 rings (SSSR count). The summed E-state index contributed by atoms with van der Waals surface area (Å²) in [6.45, 7) is 7.95. The van der Waals surface area contributed by atoms with Gasteiger partial charge in [0.2, 0.25) is 15.9 Å². The molecule has 1 amide bonds. The minimum atomic E-state index is -3.37. The van der Waals surface area contributed by atoms with Gasteiger partial charge in [-0.2, -0.15) is 0 Å². The number of anilines is 1. The summed E-state index contributed by atoms with van der Waals surface area (Å²) >= 11 is 0. The summed E-state index contributed by atoms with van der Waals surface area (Å²) in [7, 11) is -3.37. The number of hydrogen-bond donors (Lipinski definition) is 1. The lowest BCUT2D eigenvalue weighted by Crippen LogP contribution is -2.44. The van der Waals surface area contributed by atoms with Gasteiger partial charge in [-0.25, -0.2) is 12.7 Å². The molecule has 1 N–H and O–H groups in total. The number of carbonyl (C=O) groups excluding carboxylic acids is 1. The molecule has 0 aliphatic carbocycles. The molecule has 1 saturated heterocycles. The van der Waals surface area contributed by atoms with Crippen molar-refractivity contribution < 1.29 is 13.2 Å². The van der Waals surface area contributed by atoms with Gasteiger partial charge in [-0.3, -0.25) is 9.69 Å². The third kappa shape index (κ3) is 7.66. The SMILES string of the molecule is CCN(CC)Cc1ccc(NC(=O)[C@H]2CCCN(S(=O)(=O)CCCc3ccccc3)C2)cc1. The molecular weight excluding hydrogens is 434 g/mol. The highest BCUT2D eigenvalue weighted by Gasteiger charge is 2.32. The number of piperidine rings is 1. The number of nitrogens with one attached hydrogen (secondary N) is 1. The third-order valence-electron chi connectivity index (χ3n) is 6.38. The second kappa shape index (κ2) is 12.3. The number of hydrogen-bond acceptors (Lipinski definition) is 4. The molecule has 180 valence electrons. The molecule has 2 aromatic carbocycles. The van der Waals surface area contributed by atoms with E-state index in [0.717, 1.165) is 37.3 Å². The van der Waals surface area contributed by atoms with E-state index in [-0.39, 0.29) is 24.1 Å². The third-order valence-corrected chi connectivity index (χ3v) is 8.30. The summed E-state index contributed by atoms with van der Waals surface area (Å²) in [5, 5.41) is 2.98. The molecule has 0 radical (unpaired) electrons. The van der Waals surface area contributed by atoms with Gasteiger partial charge < -0.3 is 5.32 Å². The van der Waals surface area contributed by atoms with Crippen LogP contribution < -0.4 is 5.32 Å². The number of aryl methyl sites for hydroxylation is 1. The van der Waals surface area contributed by atoms with Gasteiger partial charge in [0, 0.05) is 25.3 Å². The Kier molecular flexibility index (Phi) is 9.47. The maximum Gasteiger partial charge on any atom is 0.228 e. The van der Waals surface area contributed by atoms with Crippen molar-refractivity contribution >= 4 is 21.6 Å². The first-order valence-electron chi connectivity index (χ1n) is 12.0. The number of benzene rings is 2. The van der Waals surface area contributed by atoms with Crippen molar-refractivity contribution in [3.05, 3.63) is 65.7 Å². The molecule has 1 fully saturated rings. The van der Waals surface area contributed by atoms with Crippen LogP contribution in [0.4, 0.5) is 5.69 Å². The zero-order valence-corrected chi connectivity index (χ0v) is 20.7. The van der Waals surface area contributed by atoms with Crippen LogP contribution in [-0.2, 0) is 27.8 Å². The summed E-state index contributed by atoms with van der Waals surface area (Å²) in [5.74, 6) is -0.307. The Morgan fingerprint density at radius 2 is 1.73 bits per heavy atom. The van der Waals surface area contributed by atoms with Gasteiger partial charge in [-0.15, -0.1) is 0 Å². The second-order valence-electron chi connectivity index (χ2n) is 8.75. The Morgan fingerprint density at radius 1 is 1.03 bits per heavy atom. The average molecular weight is 472 g/mol. The van der Waals surface area contributed by atoms with Gasteiger partial charge in [-0.1, -0.05) is 56.3 Å². The van der Waals surface area contributed by atoms with Crippen molar-refractivity contribution in [1.29, 1.82) is 0 Å². The molecule has 6 nitrogen and oxygen atoms in total. The molecule has 0 spiro atoms. The average Bonchev–Trinajstić information content (AvgIpc) is 2.84. The predicted molar refractivity (Wildman–Crippen MR) is 135 cm³/mol. The number of carbonyl (C=O) groups is 1. The van der Waals surface area contributed by atoms with Crippen LogP contribution in [-0.4, -0.2) is 55.5 Å². The molecule has 1 heterocycles. The van der Waals surface area contributed by atoms with Crippen LogP contribution in [0.2, 0.25) is 0 Å². The van der Waals surface area contributed by atoms with Crippen LogP contribution in [0.3, 0.4) is 0 Å². The van der Waals surface area contributed by atoms with Crippen molar-refractivity contribution in [2.45, 2.75) is 46.1 Å². The van der Waals surface area contributed by atoms with Crippen molar-refractivity contribution in [2.24, 2.45) is 5.92 Å². The van der Waals surface area contributed by atoms with E-state index in [0.29, 0.717) is 25.8 Å². The van der Waals surface area contributed by atoms with Crippen LogP contribution >= 0.6 is 0 Å². The molecule has 0 saturated carbocycles. The molecule has 1 aliphatic rings. The van der Waals surface area contributed by atoms with Crippen molar-refractivity contribution in [1.82, 2.24) is 9.21 Å². The smallest absolute Gasteiger partial charge is 0.228 e. The van der Waals surface area contributed by atoms with Crippen LogP contribution in [0.1, 0.15) is 44.2 Å². The highest BCUT2D eigenvalue weighted by Crippen LogP contribution is 2.22. The first-order chi connectivity index (χ1) is 15.9. The first-order valence-corrected chi connectivity index (χ1v) is 13.7. The maximum atomic E-state index is 12.9. The Morgan fingerprint density at radius 3 is 2.39 bits per heavy atom. The van der Waals surface area contributed by atoms with E-state index >= 15 is 0 Å². The normalized spacial score (nSPS) is 17.2. The van der Waals surface area contributed by atoms with Crippen molar-refractivity contribution in [3.8, 4) is 0 Å². The largest absolute Gasteiger partial charge is 0.326 e. The molecule has 0 aromatic heterocycles. The highest BCUT2D eigenvalue weighted by atomic mass is 32.2. The summed E-state index contributed by atoms with van der Waals surface area (Å²) in [6, 6.07) is 17.9. The van der Waals surface area contributed by atoms with Crippen LogP contribution in [0.15, 0.2) is 54.6 Å². The highest BCUT2D eigenvalue weighted by molar-refractivity contribution is 7.89. The first kappa shape index (κ1) is 25.4. The lowest BCUT2D eigenvalue weighted by Gasteiger charge is -2.31. The van der Waals surface area contributed by atoms with E-state index in [4.69, 9.17) is 0 Å². The number of sulfonamides is 1. The number of nitrogens with zero attached hydrogens (tertiary/aromatic N) is 2. The monoisotopic (exact) mass is 471 g/mol. The van der Waals surface area contributed by atoms with Crippen molar-refractivity contribution in [2.75, 3.05) is 37.2 Å². The van der Waals surface area contributed by atoms with Gasteiger partial charge in [0.15, 0.2) is 0 Å². The molecule has 0 bridgehead atoms. The zero-order chi connectivity index (χ0) is 23.7. The molecule has 0 unspecified atom stereocenters. The lowest BCUT2D eigenvalue weighted by molar-refractivity contribution is -0.120. The van der Waals surface area contributed by atoms with E-state index in [1.165, 1.54) is 9.87 Å². The summed E-state index contributed by atoms with van der Waals surface area (Å²) in [6.07, 6.45) is 2.74. The summed E-state index contributed by atoms with van der Waals surface area (Å²) in [5.41, 5.74) is 3.11. The molecule has 7 heteroatoms. The van der Waals surface area contributed by atoms with Crippen LogP contribution in [0.25, 0.3) is 0 Å². The van der Waals surface area contributed by atoms with E-state index in [1.807, 2.05) is 54.6 Å². The fourth-order valence-corrected chi connectivity index (χ4v) is 5.87. The maximum absolute atomic E-state index is 12.9. The Bertz CT molecular complexity index is 974. The predicted octanol–water partition coefficient (Wildman–Crippen LogP) is 4.14. The molecule has 1 atom stereocenters. The van der Waals surface area contributed by atoms with Crippen LogP contribution in [0.5, 0.6) is 0 Å². The van der Waals surface area contributed by atoms with Crippen LogP contribution in [0, 0.1) is 5.92 Å².